The zero-order valence-electron chi connectivity index (χ0n) is 20.0. The molecule has 192 valence electrons. The maximum Gasteiger partial charge on any atom is 0.225 e. The number of nitrogens with two attached hydrogens (primary N) is 1. The average molecular weight is 511 g/mol. The van der Waals surface area contributed by atoms with E-state index in [0.717, 1.165) is 5.82 Å². The van der Waals surface area contributed by atoms with Crippen LogP contribution in [0.5, 0.6) is 0 Å². The third kappa shape index (κ3) is 4.92. The number of nitrogens with zero attached hydrogens (tertiary/aromatic N) is 6. The molecule has 1 aliphatic rings. The SMILES string of the molecule is Cn1nc(-c2ccc(N3CCC(O)(CF)CC3)nc2)nc1Nc1ccc(-c2ccnc(N)c2F)c(F)c1. The first-order chi connectivity index (χ1) is 17.8. The molecular weight excluding hydrogens is 485 g/mol. The van der Waals surface area contributed by atoms with E-state index in [0.29, 0.717) is 49.0 Å². The van der Waals surface area contributed by atoms with Crippen molar-refractivity contribution in [2.24, 2.45) is 7.05 Å². The Morgan fingerprint density at radius 3 is 2.54 bits per heavy atom. The maximum atomic E-state index is 14.8. The first kappa shape index (κ1) is 24.5. The first-order valence-electron chi connectivity index (χ1n) is 11.6. The minimum atomic E-state index is -1.25. The number of hydrogen-bond acceptors (Lipinski definition) is 8. The fraction of sp³-hybridized carbons (Fsp3) is 0.280. The molecule has 4 N–H and O–H groups in total. The van der Waals surface area contributed by atoms with E-state index >= 15 is 0 Å². The van der Waals surface area contributed by atoms with Crippen LogP contribution in [0.1, 0.15) is 12.8 Å². The van der Waals surface area contributed by atoms with E-state index in [4.69, 9.17) is 5.73 Å². The van der Waals surface area contributed by atoms with Gasteiger partial charge in [0, 0.05) is 54.9 Å². The normalized spacial score (nSPS) is 15.1. The number of nitrogen functional groups attached to an aromatic ring is 1. The Bertz CT molecular complexity index is 1420. The fourth-order valence-electron chi connectivity index (χ4n) is 4.22. The van der Waals surface area contributed by atoms with Gasteiger partial charge in [-0.25, -0.2) is 27.8 Å². The molecule has 5 rings (SSSR count). The number of aryl methyl sites for hydroxylation is 1. The van der Waals surface area contributed by atoms with E-state index in [1.807, 2.05) is 17.0 Å². The first-order valence-corrected chi connectivity index (χ1v) is 11.6. The van der Waals surface area contributed by atoms with Crippen molar-refractivity contribution in [3.05, 3.63) is 60.4 Å². The van der Waals surface area contributed by atoms with E-state index in [9.17, 15) is 18.3 Å². The summed E-state index contributed by atoms with van der Waals surface area (Å²) in [5.74, 6) is -0.205. The number of anilines is 4. The van der Waals surface area contributed by atoms with Crippen LogP contribution in [0.4, 0.5) is 36.4 Å². The van der Waals surface area contributed by atoms with Gasteiger partial charge in [0.1, 0.15) is 18.3 Å². The van der Waals surface area contributed by atoms with Gasteiger partial charge in [0.2, 0.25) is 5.95 Å². The number of aliphatic hydroxyl groups is 1. The predicted molar refractivity (Wildman–Crippen MR) is 134 cm³/mol. The number of piperidine rings is 1. The second kappa shape index (κ2) is 9.69. The molecule has 9 nitrogen and oxygen atoms in total. The van der Waals surface area contributed by atoms with Crippen LogP contribution in [0.2, 0.25) is 0 Å². The predicted octanol–water partition coefficient (Wildman–Crippen LogP) is 3.84. The average Bonchev–Trinajstić information content (AvgIpc) is 3.26. The molecule has 1 fully saturated rings. The summed E-state index contributed by atoms with van der Waals surface area (Å²) < 4.78 is 43.6. The fourth-order valence-corrected chi connectivity index (χ4v) is 4.22. The highest BCUT2D eigenvalue weighted by Crippen LogP contribution is 2.30. The van der Waals surface area contributed by atoms with Gasteiger partial charge in [-0.15, -0.1) is 5.10 Å². The number of hydrogen-bond donors (Lipinski definition) is 3. The highest BCUT2D eigenvalue weighted by Gasteiger charge is 2.32. The number of rotatable bonds is 6. The molecule has 0 unspecified atom stereocenters. The van der Waals surface area contributed by atoms with Gasteiger partial charge in [-0.2, -0.15) is 4.98 Å². The molecule has 12 heteroatoms. The summed E-state index contributed by atoms with van der Waals surface area (Å²) >= 11 is 0. The number of pyridine rings is 2. The van der Waals surface area contributed by atoms with E-state index < -0.39 is 23.9 Å². The summed E-state index contributed by atoms with van der Waals surface area (Å²) in [7, 11) is 1.69. The lowest BCUT2D eigenvalue weighted by molar-refractivity contribution is -0.00613. The van der Waals surface area contributed by atoms with Crippen LogP contribution in [0, 0.1) is 11.6 Å². The summed E-state index contributed by atoms with van der Waals surface area (Å²) in [5.41, 5.74) is 5.42. The lowest BCUT2D eigenvalue weighted by Crippen LogP contribution is -2.46. The van der Waals surface area contributed by atoms with Crippen LogP contribution < -0.4 is 16.0 Å². The minimum absolute atomic E-state index is 0.0242. The number of aromatic nitrogens is 5. The highest BCUT2D eigenvalue weighted by atomic mass is 19.1. The van der Waals surface area contributed by atoms with Crippen molar-refractivity contribution in [3.63, 3.8) is 0 Å². The molecule has 1 saturated heterocycles. The van der Waals surface area contributed by atoms with Gasteiger partial charge in [0.25, 0.3) is 0 Å². The maximum absolute atomic E-state index is 14.8. The van der Waals surface area contributed by atoms with Crippen molar-refractivity contribution < 1.29 is 18.3 Å². The zero-order chi connectivity index (χ0) is 26.2. The Labute approximate surface area is 210 Å². The van der Waals surface area contributed by atoms with E-state index in [2.05, 4.69) is 25.4 Å². The van der Waals surface area contributed by atoms with Crippen molar-refractivity contribution >= 4 is 23.3 Å². The van der Waals surface area contributed by atoms with Crippen LogP contribution in [0.25, 0.3) is 22.5 Å². The summed E-state index contributed by atoms with van der Waals surface area (Å²) in [5, 5.41) is 17.5. The second-order valence-corrected chi connectivity index (χ2v) is 9.01. The van der Waals surface area contributed by atoms with Crippen molar-refractivity contribution in [2.75, 3.05) is 35.7 Å². The van der Waals surface area contributed by atoms with Gasteiger partial charge in [0.15, 0.2) is 17.5 Å². The third-order valence-electron chi connectivity index (χ3n) is 6.47. The highest BCUT2D eigenvalue weighted by molar-refractivity contribution is 5.70. The lowest BCUT2D eigenvalue weighted by Gasteiger charge is -2.37. The Hall–Kier alpha value is -4.19. The molecule has 4 heterocycles. The van der Waals surface area contributed by atoms with Gasteiger partial charge in [-0.05, 0) is 49.2 Å². The summed E-state index contributed by atoms with van der Waals surface area (Å²) in [6, 6.07) is 9.31. The Morgan fingerprint density at radius 1 is 1.08 bits per heavy atom. The van der Waals surface area contributed by atoms with Gasteiger partial charge >= 0.3 is 0 Å². The molecule has 0 radical (unpaired) electrons. The molecule has 0 bridgehead atoms. The standard InChI is InChI=1S/C25H25F3N8O/c1-35-24(32-16-3-4-17(19(27)12-16)18-6-9-30-22(29)21(18)28)33-23(34-35)15-2-5-20(31-13-15)36-10-7-25(37,14-26)8-11-36/h2-6,9,12-13,37H,7-8,10-11,14H2,1H3,(H2,29,30)(H,32,33,34). The van der Waals surface area contributed by atoms with Gasteiger partial charge in [-0.3, -0.25) is 0 Å². The van der Waals surface area contributed by atoms with Crippen LogP contribution in [-0.2, 0) is 7.05 Å². The van der Waals surface area contributed by atoms with E-state index in [1.54, 1.807) is 19.3 Å². The second-order valence-electron chi connectivity index (χ2n) is 9.01. The van der Waals surface area contributed by atoms with E-state index in [-0.39, 0.29) is 16.9 Å². The lowest BCUT2D eigenvalue weighted by atomic mass is 9.93. The molecule has 0 atom stereocenters. The minimum Gasteiger partial charge on any atom is -0.387 e. The topological polar surface area (TPSA) is 118 Å². The molecule has 0 aliphatic carbocycles. The third-order valence-corrected chi connectivity index (χ3v) is 6.47. The summed E-state index contributed by atoms with van der Waals surface area (Å²) in [6.45, 7) is 0.280. The molecule has 1 aromatic carbocycles. The van der Waals surface area contributed by atoms with Gasteiger partial charge < -0.3 is 21.1 Å². The number of benzene rings is 1. The van der Waals surface area contributed by atoms with Crippen molar-refractivity contribution in [2.45, 2.75) is 18.4 Å². The number of halogens is 3. The smallest absolute Gasteiger partial charge is 0.225 e. The number of nitrogens with one attached hydrogen (secondary N) is 1. The molecule has 3 aromatic heterocycles. The summed E-state index contributed by atoms with van der Waals surface area (Å²) in [4.78, 5) is 14.6. The Morgan fingerprint density at radius 2 is 1.86 bits per heavy atom. The quantitative estimate of drug-likeness (QED) is 0.358. The molecule has 0 amide bonds. The van der Waals surface area contributed by atoms with Crippen molar-refractivity contribution in [1.82, 2.24) is 24.7 Å². The van der Waals surface area contributed by atoms with Crippen LogP contribution in [-0.4, -0.2) is 55.2 Å². The van der Waals surface area contributed by atoms with Crippen LogP contribution >= 0.6 is 0 Å². The van der Waals surface area contributed by atoms with Gasteiger partial charge in [0.05, 0.1) is 5.60 Å². The van der Waals surface area contributed by atoms with Crippen molar-refractivity contribution in [1.29, 1.82) is 0 Å². The largest absolute Gasteiger partial charge is 0.387 e. The molecule has 0 spiro atoms. The number of alkyl halides is 1. The molecule has 0 saturated carbocycles. The van der Waals surface area contributed by atoms with Crippen LogP contribution in [0.15, 0.2) is 48.8 Å². The zero-order valence-corrected chi connectivity index (χ0v) is 20.0. The molecular formula is C25H25F3N8O. The van der Waals surface area contributed by atoms with E-state index in [1.165, 1.54) is 29.1 Å². The summed E-state index contributed by atoms with van der Waals surface area (Å²) in [6.07, 6.45) is 3.65. The Kier molecular flexibility index (Phi) is 6.42. The molecule has 4 aromatic rings. The van der Waals surface area contributed by atoms with Crippen LogP contribution in [0.3, 0.4) is 0 Å². The van der Waals surface area contributed by atoms with Crippen molar-refractivity contribution in [3.8, 4) is 22.5 Å². The molecule has 1 aliphatic heterocycles. The monoisotopic (exact) mass is 510 g/mol. The molecule has 37 heavy (non-hydrogen) atoms. The Balaban J connectivity index is 1.30. The van der Waals surface area contributed by atoms with Gasteiger partial charge in [-0.1, -0.05) is 0 Å².